The Balaban J connectivity index is 2.29. The fourth-order valence-corrected chi connectivity index (χ4v) is 2.88. The molecule has 1 unspecified atom stereocenters. The van der Waals surface area contributed by atoms with E-state index in [0.29, 0.717) is 18.2 Å². The van der Waals surface area contributed by atoms with Crippen molar-refractivity contribution in [2.45, 2.75) is 37.5 Å². The second-order valence-corrected chi connectivity index (χ2v) is 5.22. The minimum absolute atomic E-state index is 0.168. The molecule has 3 N–H and O–H groups in total. The minimum Gasteiger partial charge on any atom is -0.383 e. The second-order valence-electron chi connectivity index (χ2n) is 4.82. The highest BCUT2D eigenvalue weighted by Crippen LogP contribution is 2.45. The van der Waals surface area contributed by atoms with Gasteiger partial charge in [-0.1, -0.05) is 11.6 Å². The van der Waals surface area contributed by atoms with E-state index in [9.17, 15) is 0 Å². The van der Waals surface area contributed by atoms with Crippen LogP contribution in [0.3, 0.4) is 0 Å². The quantitative estimate of drug-likeness (QED) is 0.584. The number of hydrogen-bond acceptors (Lipinski definition) is 5. The Morgan fingerprint density at radius 1 is 1.58 bits per heavy atom. The number of rotatable bonds is 7. The van der Waals surface area contributed by atoms with E-state index < -0.39 is 0 Å². The molecule has 0 saturated heterocycles. The highest BCUT2D eigenvalue weighted by atomic mass is 35.5. The third-order valence-electron chi connectivity index (χ3n) is 3.91. The zero-order valence-electron chi connectivity index (χ0n) is 11.4. The van der Waals surface area contributed by atoms with Crippen molar-refractivity contribution >= 4 is 11.6 Å². The van der Waals surface area contributed by atoms with Crippen LogP contribution >= 0.6 is 11.6 Å². The van der Waals surface area contributed by atoms with Crippen LogP contribution < -0.4 is 11.3 Å². The molecule has 2 rings (SSSR count). The molecule has 6 nitrogen and oxygen atoms in total. The maximum atomic E-state index is 6.27. The van der Waals surface area contributed by atoms with Gasteiger partial charge in [-0.3, -0.25) is 10.5 Å². The highest BCUT2D eigenvalue weighted by Gasteiger charge is 2.47. The number of halogens is 1. The topological polar surface area (TPSA) is 74.3 Å². The van der Waals surface area contributed by atoms with Crippen LogP contribution in [-0.4, -0.2) is 36.2 Å². The highest BCUT2D eigenvalue weighted by molar-refractivity contribution is 6.31. The van der Waals surface area contributed by atoms with E-state index in [1.165, 1.54) is 0 Å². The average Bonchev–Trinajstić information content (AvgIpc) is 2.72. The molecule has 1 aromatic heterocycles. The van der Waals surface area contributed by atoms with Crippen LogP contribution in [0.1, 0.15) is 31.0 Å². The summed E-state index contributed by atoms with van der Waals surface area (Å²) in [6.07, 6.45) is 4.70. The lowest BCUT2D eigenvalue weighted by Crippen LogP contribution is -2.53. The number of ether oxygens (including phenoxy) is 2. The minimum atomic E-state index is -0.288. The maximum absolute atomic E-state index is 6.27. The van der Waals surface area contributed by atoms with Crippen LogP contribution in [0.5, 0.6) is 0 Å². The average molecular weight is 289 g/mol. The number of nitrogens with zero attached hydrogens (tertiary/aromatic N) is 2. The van der Waals surface area contributed by atoms with Gasteiger partial charge in [0.05, 0.1) is 41.7 Å². The Labute approximate surface area is 118 Å². The third kappa shape index (κ3) is 2.64. The normalized spacial score (nSPS) is 19.2. The third-order valence-corrected chi connectivity index (χ3v) is 4.20. The molecule has 0 spiro atoms. The SMILES string of the molecule is COCCn1ncc(Cl)c1C(NN)C1(OC)CCC1. The molecular formula is C12H21ClN4O2. The standard InChI is InChI=1S/C12H21ClN4O2/c1-18-7-6-17-10(9(13)8-15-17)11(16-14)12(19-2)4-3-5-12/h8,11,16H,3-7,14H2,1-2H3. The number of aromatic nitrogens is 2. The van der Waals surface area contributed by atoms with Gasteiger partial charge in [-0.05, 0) is 19.3 Å². The van der Waals surface area contributed by atoms with Crippen LogP contribution in [0.15, 0.2) is 6.20 Å². The van der Waals surface area contributed by atoms with Crippen molar-refractivity contribution in [3.8, 4) is 0 Å². The summed E-state index contributed by atoms with van der Waals surface area (Å²) in [5.41, 5.74) is 3.42. The van der Waals surface area contributed by atoms with Gasteiger partial charge in [0, 0.05) is 14.2 Å². The molecule has 1 aromatic rings. The molecule has 108 valence electrons. The smallest absolute Gasteiger partial charge is 0.0933 e. The lowest BCUT2D eigenvalue weighted by atomic mass is 9.73. The number of methoxy groups -OCH3 is 2. The van der Waals surface area contributed by atoms with E-state index in [-0.39, 0.29) is 11.6 Å². The van der Waals surface area contributed by atoms with Crippen LogP contribution in [0.4, 0.5) is 0 Å². The zero-order valence-corrected chi connectivity index (χ0v) is 12.1. The first-order valence-corrected chi connectivity index (χ1v) is 6.77. The fraction of sp³-hybridized carbons (Fsp3) is 0.750. The molecular weight excluding hydrogens is 268 g/mol. The van der Waals surface area contributed by atoms with Gasteiger partial charge in [0.1, 0.15) is 0 Å². The summed E-state index contributed by atoms with van der Waals surface area (Å²) in [7, 11) is 3.37. The first kappa shape index (κ1) is 14.7. The van der Waals surface area contributed by atoms with Crippen molar-refractivity contribution in [1.82, 2.24) is 15.2 Å². The van der Waals surface area contributed by atoms with Crippen LogP contribution in [0, 0.1) is 0 Å². The van der Waals surface area contributed by atoms with E-state index in [1.807, 2.05) is 4.68 Å². The van der Waals surface area contributed by atoms with E-state index in [4.69, 9.17) is 26.9 Å². The molecule has 7 heteroatoms. The molecule has 1 saturated carbocycles. The Bertz CT molecular complexity index is 414. The summed E-state index contributed by atoms with van der Waals surface area (Å²) in [6, 6.07) is -0.168. The van der Waals surface area contributed by atoms with Gasteiger partial charge in [-0.2, -0.15) is 5.10 Å². The molecule has 1 heterocycles. The van der Waals surface area contributed by atoms with Crippen molar-refractivity contribution in [3.05, 3.63) is 16.9 Å². The summed E-state index contributed by atoms with van der Waals surface area (Å²) in [5, 5.41) is 4.88. The largest absolute Gasteiger partial charge is 0.383 e. The van der Waals surface area contributed by atoms with Crippen molar-refractivity contribution in [3.63, 3.8) is 0 Å². The van der Waals surface area contributed by atoms with Gasteiger partial charge in [0.2, 0.25) is 0 Å². The van der Waals surface area contributed by atoms with Gasteiger partial charge in [0.25, 0.3) is 0 Å². The summed E-state index contributed by atoms with van der Waals surface area (Å²) in [5.74, 6) is 5.74. The predicted molar refractivity (Wildman–Crippen MR) is 72.8 cm³/mol. The molecule has 0 aromatic carbocycles. The Hall–Kier alpha value is -0.660. The molecule has 0 radical (unpaired) electrons. The number of nitrogens with one attached hydrogen (secondary N) is 1. The summed E-state index contributed by atoms with van der Waals surface area (Å²) in [4.78, 5) is 0. The second kappa shape index (κ2) is 6.19. The molecule has 1 fully saturated rings. The van der Waals surface area contributed by atoms with Gasteiger partial charge in [0.15, 0.2) is 0 Å². The van der Waals surface area contributed by atoms with E-state index in [1.54, 1.807) is 20.4 Å². The van der Waals surface area contributed by atoms with Gasteiger partial charge >= 0.3 is 0 Å². The Kier molecular flexibility index (Phi) is 4.81. The van der Waals surface area contributed by atoms with Gasteiger partial charge in [-0.15, -0.1) is 0 Å². The lowest BCUT2D eigenvalue weighted by molar-refractivity contribution is -0.102. The molecule has 1 aliphatic rings. The Morgan fingerprint density at radius 3 is 2.79 bits per heavy atom. The van der Waals surface area contributed by atoms with E-state index >= 15 is 0 Å². The van der Waals surface area contributed by atoms with Crippen molar-refractivity contribution < 1.29 is 9.47 Å². The van der Waals surface area contributed by atoms with Crippen molar-refractivity contribution in [2.75, 3.05) is 20.8 Å². The molecule has 0 bridgehead atoms. The van der Waals surface area contributed by atoms with Crippen molar-refractivity contribution in [2.24, 2.45) is 5.84 Å². The summed E-state index contributed by atoms with van der Waals surface area (Å²) >= 11 is 6.27. The number of hydrogen-bond donors (Lipinski definition) is 2. The Morgan fingerprint density at radius 2 is 2.32 bits per heavy atom. The van der Waals surface area contributed by atoms with E-state index in [2.05, 4.69) is 10.5 Å². The first-order valence-electron chi connectivity index (χ1n) is 6.40. The molecule has 0 amide bonds. The van der Waals surface area contributed by atoms with E-state index in [0.717, 1.165) is 25.0 Å². The van der Waals surface area contributed by atoms with Gasteiger partial charge < -0.3 is 9.47 Å². The monoisotopic (exact) mass is 288 g/mol. The molecule has 1 atom stereocenters. The van der Waals surface area contributed by atoms with Crippen LogP contribution in [-0.2, 0) is 16.0 Å². The fourth-order valence-electron chi connectivity index (χ4n) is 2.63. The number of nitrogens with two attached hydrogens (primary N) is 1. The van der Waals surface area contributed by atoms with Gasteiger partial charge in [-0.25, -0.2) is 5.43 Å². The maximum Gasteiger partial charge on any atom is 0.0933 e. The molecule has 1 aliphatic carbocycles. The van der Waals surface area contributed by atoms with Crippen LogP contribution in [0.25, 0.3) is 0 Å². The first-order chi connectivity index (χ1) is 9.18. The molecule has 0 aliphatic heterocycles. The lowest BCUT2D eigenvalue weighted by Gasteiger charge is -2.46. The van der Waals surface area contributed by atoms with Crippen molar-refractivity contribution in [1.29, 1.82) is 0 Å². The van der Waals surface area contributed by atoms with Crippen LogP contribution in [0.2, 0.25) is 5.02 Å². The summed E-state index contributed by atoms with van der Waals surface area (Å²) in [6.45, 7) is 1.21. The predicted octanol–water partition coefficient (Wildman–Crippen LogP) is 1.26. The molecule has 19 heavy (non-hydrogen) atoms. The number of hydrazine groups is 1. The zero-order chi connectivity index (χ0) is 13.9. The summed E-state index contributed by atoms with van der Waals surface area (Å²) < 4.78 is 12.6.